The first-order chi connectivity index (χ1) is 15.6. The van der Waals surface area contributed by atoms with Gasteiger partial charge in [0.25, 0.3) is 0 Å². The van der Waals surface area contributed by atoms with Crippen LogP contribution in [0.25, 0.3) is 10.9 Å². The van der Waals surface area contributed by atoms with Gasteiger partial charge in [-0.2, -0.15) is 0 Å². The molecule has 1 fully saturated rings. The van der Waals surface area contributed by atoms with Gasteiger partial charge in [-0.15, -0.1) is 11.3 Å². The van der Waals surface area contributed by atoms with Crippen LogP contribution in [0.2, 0.25) is 5.02 Å². The summed E-state index contributed by atoms with van der Waals surface area (Å²) in [5.74, 6) is -0.359. The monoisotopic (exact) mass is 525 g/mol. The Morgan fingerprint density at radius 1 is 1.15 bits per heavy atom. The summed E-state index contributed by atoms with van der Waals surface area (Å²) in [6.45, 7) is 2.58. The Morgan fingerprint density at radius 2 is 1.88 bits per heavy atom. The summed E-state index contributed by atoms with van der Waals surface area (Å²) in [5.41, 5.74) is 7.39. The molecule has 0 bridgehead atoms. The second kappa shape index (κ2) is 13.2. The predicted molar refractivity (Wildman–Crippen MR) is 147 cm³/mol. The second-order valence-electron chi connectivity index (χ2n) is 7.34. The van der Waals surface area contributed by atoms with E-state index in [1.165, 1.54) is 36.5 Å². The molecule has 0 radical (unpaired) electrons. The molecule has 0 unspecified atom stereocenters. The average molecular weight is 526 g/mol. The van der Waals surface area contributed by atoms with Gasteiger partial charge in [0, 0.05) is 54.8 Å². The number of aromatic nitrogens is 2. The maximum atomic E-state index is 10.8. The number of anilines is 2. The van der Waals surface area contributed by atoms with Crippen LogP contribution in [-0.4, -0.2) is 39.5 Å². The molecule has 34 heavy (non-hydrogen) atoms. The average Bonchev–Trinajstić information content (AvgIpc) is 3.56. The van der Waals surface area contributed by atoms with Gasteiger partial charge in [-0.05, 0) is 72.6 Å². The van der Waals surface area contributed by atoms with Crippen LogP contribution in [0.15, 0.2) is 71.2 Å². The van der Waals surface area contributed by atoms with Crippen molar-refractivity contribution in [1.29, 1.82) is 0 Å². The second-order valence-corrected chi connectivity index (χ2v) is 9.55. The van der Waals surface area contributed by atoms with Crippen LogP contribution in [0.5, 0.6) is 0 Å². The smallest absolute Gasteiger partial charge is 0.237 e. The minimum Gasteiger partial charge on any atom is -0.412 e. The van der Waals surface area contributed by atoms with Gasteiger partial charge in [0.15, 0.2) is 5.13 Å². The molecule has 1 aliphatic rings. The minimum absolute atomic E-state index is 0. The lowest BCUT2D eigenvalue weighted by molar-refractivity contribution is -0.118. The van der Waals surface area contributed by atoms with Crippen molar-refractivity contribution in [1.82, 2.24) is 9.55 Å². The van der Waals surface area contributed by atoms with Crippen LogP contribution in [0.4, 0.5) is 10.8 Å². The van der Waals surface area contributed by atoms with Crippen molar-refractivity contribution in [3.05, 3.63) is 71.3 Å². The molecule has 5 rings (SSSR count). The maximum absolute atomic E-state index is 10.8. The molecule has 1 saturated heterocycles. The Bertz CT molecular complexity index is 1170. The van der Waals surface area contributed by atoms with E-state index in [1.54, 1.807) is 27.9 Å². The number of hydrogen-bond acceptors (Lipinski definition) is 6. The fraction of sp³-hybridized carbons (Fsp3) is 0.217. The number of halogens is 1. The zero-order valence-electron chi connectivity index (χ0n) is 18.4. The number of carbonyl (C=O) groups excluding carboxylic acids is 1. The Labute approximate surface area is 214 Å². The first-order valence-electron chi connectivity index (χ1n) is 10.3. The van der Waals surface area contributed by atoms with Gasteiger partial charge < -0.3 is 30.9 Å². The number of nitrogens with two attached hydrogens (primary N) is 1. The standard InChI is InChI=1S/C13H15N3S2.C10H9ClN2O.2H2O.2H2/c1-2-9-16(8-1)11-3-5-12(6-4-11)18-15-13-14-7-10-17-13;11-8-2-1-7-3-4-13(6-10(12)14)9(7)5-8;;;;/h3-7,10H,1-2,8-9H2,(H,14,15);1-5H,6H2,(H2,12,14);2*1H2;2*1H. The number of fused-ring (bicyclic) bond motifs is 1. The lowest BCUT2D eigenvalue weighted by atomic mass is 10.2. The summed E-state index contributed by atoms with van der Waals surface area (Å²) in [7, 11) is 0. The van der Waals surface area contributed by atoms with Crippen molar-refractivity contribution in [3.63, 3.8) is 0 Å². The number of amides is 1. The van der Waals surface area contributed by atoms with Crippen LogP contribution >= 0.6 is 34.9 Å². The van der Waals surface area contributed by atoms with E-state index in [-0.39, 0.29) is 26.3 Å². The summed E-state index contributed by atoms with van der Waals surface area (Å²) < 4.78 is 5.02. The van der Waals surface area contributed by atoms with E-state index in [0.29, 0.717) is 5.02 Å². The predicted octanol–water partition coefficient (Wildman–Crippen LogP) is 4.49. The third-order valence-corrected chi connectivity index (χ3v) is 6.91. The van der Waals surface area contributed by atoms with Gasteiger partial charge in [-0.25, -0.2) is 4.98 Å². The van der Waals surface area contributed by atoms with Crippen molar-refractivity contribution >= 4 is 62.5 Å². The molecule has 1 amide bonds. The van der Waals surface area contributed by atoms with Crippen LogP contribution in [-0.2, 0) is 11.3 Å². The topological polar surface area (TPSA) is 139 Å². The van der Waals surface area contributed by atoms with E-state index in [1.807, 2.05) is 42.0 Å². The summed E-state index contributed by atoms with van der Waals surface area (Å²) in [5, 5.41) is 4.63. The Kier molecular flexibility index (Phi) is 10.7. The van der Waals surface area contributed by atoms with E-state index in [2.05, 4.69) is 38.9 Å². The number of hydrogen-bond donors (Lipinski definition) is 2. The van der Waals surface area contributed by atoms with Gasteiger partial charge in [0.1, 0.15) is 6.54 Å². The minimum atomic E-state index is -0.359. The number of nitrogens with zero attached hydrogens (tertiary/aromatic N) is 3. The number of benzene rings is 2. The first kappa shape index (κ1) is 27.5. The molecule has 4 aromatic rings. The molecule has 2 aromatic heterocycles. The lowest BCUT2D eigenvalue weighted by Crippen LogP contribution is -2.17. The zero-order chi connectivity index (χ0) is 22.3. The van der Waals surface area contributed by atoms with E-state index in [4.69, 9.17) is 17.3 Å². The van der Waals surface area contributed by atoms with Crippen molar-refractivity contribution in [2.45, 2.75) is 24.3 Å². The number of rotatable bonds is 6. The summed E-state index contributed by atoms with van der Waals surface area (Å²) in [6, 6.07) is 16.2. The van der Waals surface area contributed by atoms with Crippen molar-refractivity contribution in [2.24, 2.45) is 5.73 Å². The van der Waals surface area contributed by atoms with Crippen molar-refractivity contribution < 1.29 is 18.6 Å². The van der Waals surface area contributed by atoms with Crippen molar-refractivity contribution in [2.75, 3.05) is 22.7 Å². The van der Waals surface area contributed by atoms with E-state index in [9.17, 15) is 4.79 Å². The highest BCUT2D eigenvalue weighted by Crippen LogP contribution is 2.26. The number of nitrogens with one attached hydrogen (secondary N) is 1. The lowest BCUT2D eigenvalue weighted by Gasteiger charge is -2.17. The molecule has 0 atom stereocenters. The molecule has 0 spiro atoms. The third-order valence-electron chi connectivity index (χ3n) is 5.06. The van der Waals surface area contributed by atoms with Gasteiger partial charge >= 0.3 is 0 Å². The van der Waals surface area contributed by atoms with E-state index >= 15 is 0 Å². The molecule has 0 saturated carbocycles. The van der Waals surface area contributed by atoms with Gasteiger partial charge in [0.05, 0.1) is 0 Å². The molecule has 0 aliphatic carbocycles. The molecular weight excluding hydrogens is 494 g/mol. The number of primary amides is 1. The maximum Gasteiger partial charge on any atom is 0.237 e. The first-order valence-corrected chi connectivity index (χ1v) is 12.4. The van der Waals surface area contributed by atoms with Crippen LogP contribution in [0.3, 0.4) is 0 Å². The Morgan fingerprint density at radius 3 is 2.53 bits per heavy atom. The zero-order valence-corrected chi connectivity index (χ0v) is 20.8. The number of carbonyl (C=O) groups is 1. The van der Waals surface area contributed by atoms with Gasteiger partial charge in [-0.3, -0.25) is 4.79 Å². The molecule has 7 N–H and O–H groups in total. The molecule has 2 aromatic carbocycles. The summed E-state index contributed by atoms with van der Waals surface area (Å²) in [6.07, 6.45) is 6.28. The molecular formula is C23H32ClN5O3S2. The third kappa shape index (κ3) is 7.37. The highest BCUT2D eigenvalue weighted by molar-refractivity contribution is 8.00. The molecule has 1 aliphatic heterocycles. The van der Waals surface area contributed by atoms with Crippen LogP contribution in [0.1, 0.15) is 15.7 Å². The molecule has 186 valence electrons. The van der Waals surface area contributed by atoms with E-state index in [0.717, 1.165) is 16.0 Å². The molecule has 3 heterocycles. The van der Waals surface area contributed by atoms with Crippen LogP contribution < -0.4 is 15.4 Å². The summed E-state index contributed by atoms with van der Waals surface area (Å²) in [4.78, 5) is 18.6. The highest BCUT2D eigenvalue weighted by atomic mass is 35.5. The highest BCUT2D eigenvalue weighted by Gasteiger charge is 2.11. The quantitative estimate of drug-likeness (QED) is 0.357. The molecule has 8 nitrogen and oxygen atoms in total. The van der Waals surface area contributed by atoms with Crippen molar-refractivity contribution in [3.8, 4) is 0 Å². The Hall–Kier alpha value is -2.76. The van der Waals surface area contributed by atoms with Gasteiger partial charge in [-0.1, -0.05) is 17.7 Å². The SMILES string of the molecule is NC(=O)Cn1ccc2ccc(Cl)cc21.O.O.[HH].[HH].c1csc(NSc2ccc(N3CCCC3)cc2)n1. The Balaban J connectivity index is 0.000000628. The normalized spacial score (nSPS) is 12.3. The van der Waals surface area contributed by atoms with Gasteiger partial charge in [0.2, 0.25) is 5.91 Å². The van der Waals surface area contributed by atoms with E-state index < -0.39 is 0 Å². The van der Waals surface area contributed by atoms with Crippen LogP contribution in [0, 0.1) is 0 Å². The number of thiazole rings is 1. The fourth-order valence-corrected chi connectivity index (χ4v) is 4.93. The molecule has 11 heteroatoms. The fourth-order valence-electron chi connectivity index (χ4n) is 3.54. The largest absolute Gasteiger partial charge is 0.412 e. The summed E-state index contributed by atoms with van der Waals surface area (Å²) >= 11 is 9.08.